The van der Waals surface area contributed by atoms with E-state index in [0.29, 0.717) is 31.3 Å². The number of aliphatic imine (C=N–C) groups is 1. The molecule has 1 aromatic carbocycles. The minimum Gasteiger partial charge on any atom is -0.379 e. The van der Waals surface area contributed by atoms with Crippen LogP contribution < -0.4 is 16.0 Å². The Morgan fingerprint density at radius 1 is 1.27 bits per heavy atom. The van der Waals surface area contributed by atoms with Gasteiger partial charge < -0.3 is 20.7 Å². The number of halogens is 1. The molecule has 1 unspecified atom stereocenters. The van der Waals surface area contributed by atoms with Crippen LogP contribution in [0, 0.1) is 15.5 Å². The number of nitro groups is 1. The van der Waals surface area contributed by atoms with Crippen LogP contribution in [0.2, 0.25) is 0 Å². The summed E-state index contributed by atoms with van der Waals surface area (Å²) in [6, 6.07) is 6.58. The highest BCUT2D eigenvalue weighted by atomic mass is 127. The molecule has 0 radical (unpaired) electrons. The Kier molecular flexibility index (Phi) is 11.2. The number of hydrogen-bond acceptors (Lipinski definition) is 5. The lowest BCUT2D eigenvalue weighted by Gasteiger charge is -2.30. The van der Waals surface area contributed by atoms with E-state index in [0.717, 1.165) is 0 Å². The number of rotatable bonds is 8. The maximum atomic E-state index is 11.0. The van der Waals surface area contributed by atoms with E-state index in [4.69, 9.17) is 4.74 Å². The molecule has 0 aliphatic carbocycles. The van der Waals surface area contributed by atoms with Gasteiger partial charge in [0.1, 0.15) is 5.69 Å². The number of para-hydroxylation sites is 2. The second-order valence-electron chi connectivity index (χ2n) is 6.67. The van der Waals surface area contributed by atoms with Crippen LogP contribution in [0.25, 0.3) is 0 Å². The van der Waals surface area contributed by atoms with Gasteiger partial charge in [0.25, 0.3) is 5.69 Å². The maximum Gasteiger partial charge on any atom is 0.292 e. The highest BCUT2D eigenvalue weighted by molar-refractivity contribution is 14.0. The van der Waals surface area contributed by atoms with Crippen LogP contribution in [-0.4, -0.2) is 50.8 Å². The zero-order chi connectivity index (χ0) is 18.9. The first-order chi connectivity index (χ1) is 11.8. The number of guanidine groups is 1. The minimum absolute atomic E-state index is 0. The lowest BCUT2D eigenvalue weighted by Crippen LogP contribution is -2.46. The molecular formula is C17H30IN5O3. The predicted molar refractivity (Wildman–Crippen MR) is 117 cm³/mol. The summed E-state index contributed by atoms with van der Waals surface area (Å²) < 4.78 is 5.51. The highest BCUT2D eigenvalue weighted by Crippen LogP contribution is 2.22. The number of ether oxygens (including phenoxy) is 1. The van der Waals surface area contributed by atoms with Gasteiger partial charge in [-0.2, -0.15) is 0 Å². The fourth-order valence-corrected chi connectivity index (χ4v) is 2.31. The topological polar surface area (TPSA) is 101 Å². The summed E-state index contributed by atoms with van der Waals surface area (Å²) in [5.74, 6) is 0.663. The van der Waals surface area contributed by atoms with E-state index in [2.05, 4.69) is 41.7 Å². The van der Waals surface area contributed by atoms with Gasteiger partial charge in [0, 0.05) is 39.9 Å². The van der Waals surface area contributed by atoms with Gasteiger partial charge in [-0.25, -0.2) is 0 Å². The summed E-state index contributed by atoms with van der Waals surface area (Å²) in [6.07, 6.45) is 0.0520. The van der Waals surface area contributed by atoms with Crippen LogP contribution in [-0.2, 0) is 4.74 Å². The largest absolute Gasteiger partial charge is 0.379 e. The van der Waals surface area contributed by atoms with E-state index in [1.807, 2.05) is 0 Å². The molecular weight excluding hydrogens is 449 g/mol. The fraction of sp³-hybridized carbons (Fsp3) is 0.588. The summed E-state index contributed by atoms with van der Waals surface area (Å²) in [5.41, 5.74) is 0.594. The summed E-state index contributed by atoms with van der Waals surface area (Å²) in [5, 5.41) is 20.4. The van der Waals surface area contributed by atoms with Crippen molar-refractivity contribution in [2.75, 3.05) is 39.1 Å². The average molecular weight is 479 g/mol. The van der Waals surface area contributed by atoms with Gasteiger partial charge in [-0.3, -0.25) is 15.1 Å². The second kappa shape index (κ2) is 11.9. The zero-order valence-electron chi connectivity index (χ0n) is 16.0. The summed E-state index contributed by atoms with van der Waals surface area (Å²) in [4.78, 5) is 14.8. The number of anilines is 1. The summed E-state index contributed by atoms with van der Waals surface area (Å²) in [6.45, 7) is 8.09. The number of nitrogens with zero attached hydrogens (tertiary/aromatic N) is 2. The first kappa shape index (κ1) is 24.4. The molecule has 1 rings (SSSR count). The molecule has 0 saturated heterocycles. The molecule has 1 atom stereocenters. The lowest BCUT2D eigenvalue weighted by molar-refractivity contribution is -0.384. The SMILES string of the molecule is CN=C(NCCNc1ccccc1[N+](=O)[O-])NCC(OC)C(C)(C)C.I. The van der Waals surface area contributed by atoms with Crippen LogP contribution in [0.15, 0.2) is 29.3 Å². The lowest BCUT2D eigenvalue weighted by atomic mass is 9.89. The first-order valence-corrected chi connectivity index (χ1v) is 8.24. The van der Waals surface area contributed by atoms with Crippen LogP contribution in [0.1, 0.15) is 20.8 Å². The molecule has 0 aromatic heterocycles. The normalized spacial score (nSPS) is 12.7. The molecule has 0 aliphatic rings. The molecule has 0 saturated carbocycles. The van der Waals surface area contributed by atoms with Gasteiger partial charge in [0.2, 0.25) is 0 Å². The van der Waals surface area contributed by atoms with Crippen molar-refractivity contribution >= 4 is 41.3 Å². The fourth-order valence-electron chi connectivity index (χ4n) is 2.31. The number of nitro benzene ring substituents is 1. The number of hydrogen-bond donors (Lipinski definition) is 3. The molecule has 0 amide bonds. The molecule has 0 spiro atoms. The molecule has 0 fully saturated rings. The minimum atomic E-state index is -0.395. The van der Waals surface area contributed by atoms with Crippen molar-refractivity contribution in [1.82, 2.24) is 10.6 Å². The van der Waals surface area contributed by atoms with Crippen LogP contribution in [0.4, 0.5) is 11.4 Å². The Balaban J connectivity index is 0.00000625. The van der Waals surface area contributed by atoms with Gasteiger partial charge >= 0.3 is 0 Å². The number of nitrogens with one attached hydrogen (secondary N) is 3. The van der Waals surface area contributed by atoms with Gasteiger partial charge in [-0.05, 0) is 11.5 Å². The van der Waals surface area contributed by atoms with Crippen molar-refractivity contribution in [3.63, 3.8) is 0 Å². The molecule has 9 heteroatoms. The van der Waals surface area contributed by atoms with Gasteiger partial charge in [-0.1, -0.05) is 32.9 Å². The molecule has 0 aliphatic heterocycles. The molecule has 8 nitrogen and oxygen atoms in total. The molecule has 1 aromatic rings. The standard InChI is InChI=1S/C17H29N5O3.HI/c1-17(2,3)15(25-5)12-21-16(18-4)20-11-10-19-13-8-6-7-9-14(13)22(23)24;/h6-9,15,19H,10-12H2,1-5H3,(H2,18,20,21);1H. The van der Waals surface area contributed by atoms with Crippen molar-refractivity contribution in [1.29, 1.82) is 0 Å². The highest BCUT2D eigenvalue weighted by Gasteiger charge is 2.24. The van der Waals surface area contributed by atoms with Gasteiger partial charge in [-0.15, -0.1) is 24.0 Å². The van der Waals surface area contributed by atoms with E-state index >= 15 is 0 Å². The Bertz CT molecular complexity index is 590. The third kappa shape index (κ3) is 8.17. The van der Waals surface area contributed by atoms with Crippen molar-refractivity contribution < 1.29 is 9.66 Å². The van der Waals surface area contributed by atoms with Gasteiger partial charge in [0.05, 0.1) is 11.0 Å². The van der Waals surface area contributed by atoms with Crippen LogP contribution >= 0.6 is 24.0 Å². The van der Waals surface area contributed by atoms with Crippen molar-refractivity contribution in [2.24, 2.45) is 10.4 Å². The van der Waals surface area contributed by atoms with Crippen LogP contribution in [0.3, 0.4) is 0 Å². The van der Waals surface area contributed by atoms with E-state index in [1.165, 1.54) is 6.07 Å². The molecule has 148 valence electrons. The van der Waals surface area contributed by atoms with E-state index in [-0.39, 0.29) is 41.2 Å². The molecule has 26 heavy (non-hydrogen) atoms. The quantitative estimate of drug-likeness (QED) is 0.132. The Morgan fingerprint density at radius 2 is 1.92 bits per heavy atom. The van der Waals surface area contributed by atoms with E-state index < -0.39 is 4.92 Å². The number of methoxy groups -OCH3 is 1. The summed E-state index contributed by atoms with van der Waals surface area (Å²) >= 11 is 0. The maximum absolute atomic E-state index is 11.0. The first-order valence-electron chi connectivity index (χ1n) is 8.24. The smallest absolute Gasteiger partial charge is 0.292 e. The zero-order valence-corrected chi connectivity index (χ0v) is 18.4. The van der Waals surface area contributed by atoms with Crippen molar-refractivity contribution in [3.8, 4) is 0 Å². The average Bonchev–Trinajstić information content (AvgIpc) is 2.56. The number of benzene rings is 1. The van der Waals surface area contributed by atoms with E-state index in [9.17, 15) is 10.1 Å². The Hall–Kier alpha value is -1.62. The third-order valence-corrected chi connectivity index (χ3v) is 3.76. The molecule has 0 heterocycles. The second-order valence-corrected chi connectivity index (χ2v) is 6.67. The Morgan fingerprint density at radius 3 is 2.46 bits per heavy atom. The molecule has 3 N–H and O–H groups in total. The van der Waals surface area contributed by atoms with Crippen molar-refractivity contribution in [3.05, 3.63) is 34.4 Å². The van der Waals surface area contributed by atoms with Crippen LogP contribution in [0.5, 0.6) is 0 Å². The van der Waals surface area contributed by atoms with E-state index in [1.54, 1.807) is 32.4 Å². The molecule has 0 bridgehead atoms. The monoisotopic (exact) mass is 479 g/mol. The Labute approximate surface area is 172 Å². The summed E-state index contributed by atoms with van der Waals surface area (Å²) in [7, 11) is 3.40. The predicted octanol–water partition coefficient (Wildman–Crippen LogP) is 2.85. The third-order valence-electron chi connectivity index (χ3n) is 3.76. The van der Waals surface area contributed by atoms with Gasteiger partial charge in [0.15, 0.2) is 5.96 Å². The van der Waals surface area contributed by atoms with Crippen molar-refractivity contribution in [2.45, 2.75) is 26.9 Å².